The number of benzene rings is 1. The van der Waals surface area contributed by atoms with Gasteiger partial charge in [-0.1, -0.05) is 6.07 Å². The minimum Gasteiger partial charge on any atom is -0.322 e. The predicted octanol–water partition coefficient (Wildman–Crippen LogP) is 1.18. The molecule has 0 saturated heterocycles. The highest BCUT2D eigenvalue weighted by molar-refractivity contribution is 5.90. The van der Waals surface area contributed by atoms with Gasteiger partial charge < -0.3 is 10.6 Å². The number of aromatic nitrogens is 1. The van der Waals surface area contributed by atoms with Gasteiger partial charge in [0.1, 0.15) is 12.4 Å². The second-order valence-corrected chi connectivity index (χ2v) is 5.65. The first-order valence-corrected chi connectivity index (χ1v) is 7.61. The standard InChI is InChI=1S/C16H15FN4O4/c17-16-12-5-6-18-7-10(12)1-3-13(16)19-14(22)9-20-8-11(21(24)25)2-4-15(20)23/h1-4,8,18H,5-7,9H2,(H,19,22). The first kappa shape index (κ1) is 16.8. The third-order valence-corrected chi connectivity index (χ3v) is 3.97. The average molecular weight is 346 g/mol. The smallest absolute Gasteiger partial charge is 0.285 e. The number of carbonyl (C=O) groups is 1. The fourth-order valence-electron chi connectivity index (χ4n) is 2.72. The lowest BCUT2D eigenvalue weighted by Crippen LogP contribution is -2.28. The molecule has 0 aliphatic carbocycles. The minimum absolute atomic E-state index is 0.0316. The van der Waals surface area contributed by atoms with Crippen LogP contribution in [0.5, 0.6) is 0 Å². The van der Waals surface area contributed by atoms with Crippen LogP contribution in [0.2, 0.25) is 0 Å². The van der Waals surface area contributed by atoms with Crippen molar-refractivity contribution in [3.05, 3.63) is 67.9 Å². The summed E-state index contributed by atoms with van der Waals surface area (Å²) in [5.74, 6) is -1.13. The first-order valence-electron chi connectivity index (χ1n) is 7.61. The number of nitro groups is 1. The maximum Gasteiger partial charge on any atom is 0.285 e. The van der Waals surface area contributed by atoms with E-state index in [-0.39, 0.29) is 11.4 Å². The zero-order chi connectivity index (χ0) is 18.0. The van der Waals surface area contributed by atoms with Gasteiger partial charge in [-0.25, -0.2) is 4.39 Å². The topological polar surface area (TPSA) is 106 Å². The van der Waals surface area contributed by atoms with Gasteiger partial charge in [0.2, 0.25) is 5.91 Å². The lowest BCUT2D eigenvalue weighted by molar-refractivity contribution is -0.385. The Balaban J connectivity index is 1.79. The van der Waals surface area contributed by atoms with Crippen LogP contribution in [0.1, 0.15) is 11.1 Å². The number of pyridine rings is 1. The van der Waals surface area contributed by atoms with E-state index in [1.807, 2.05) is 0 Å². The predicted molar refractivity (Wildman–Crippen MR) is 87.8 cm³/mol. The summed E-state index contributed by atoms with van der Waals surface area (Å²) in [5.41, 5.74) is 0.572. The molecule has 2 aromatic rings. The monoisotopic (exact) mass is 346 g/mol. The van der Waals surface area contributed by atoms with E-state index in [1.165, 1.54) is 6.07 Å². The van der Waals surface area contributed by atoms with Crippen molar-refractivity contribution in [1.29, 1.82) is 0 Å². The number of hydrogen-bond donors (Lipinski definition) is 2. The average Bonchev–Trinajstić information content (AvgIpc) is 2.59. The first-order chi connectivity index (χ1) is 12.0. The second-order valence-electron chi connectivity index (χ2n) is 5.65. The van der Waals surface area contributed by atoms with E-state index in [0.717, 1.165) is 28.5 Å². The summed E-state index contributed by atoms with van der Waals surface area (Å²) in [6.07, 6.45) is 1.51. The minimum atomic E-state index is -0.662. The number of rotatable bonds is 4. The zero-order valence-corrected chi connectivity index (χ0v) is 13.1. The van der Waals surface area contributed by atoms with Gasteiger partial charge in [-0.2, -0.15) is 0 Å². The van der Waals surface area contributed by atoms with Crippen LogP contribution < -0.4 is 16.2 Å². The molecule has 0 fully saturated rings. The largest absolute Gasteiger partial charge is 0.322 e. The van der Waals surface area contributed by atoms with Gasteiger partial charge in [0, 0.05) is 18.7 Å². The molecule has 1 aliphatic heterocycles. The molecule has 1 aromatic heterocycles. The third-order valence-electron chi connectivity index (χ3n) is 3.97. The molecule has 0 spiro atoms. The molecule has 2 heterocycles. The van der Waals surface area contributed by atoms with Crippen molar-refractivity contribution in [3.8, 4) is 0 Å². The molecule has 1 aliphatic rings. The molecule has 1 aromatic carbocycles. The van der Waals surface area contributed by atoms with Crippen LogP contribution in [0.3, 0.4) is 0 Å². The van der Waals surface area contributed by atoms with E-state index in [0.29, 0.717) is 25.1 Å². The SMILES string of the molecule is O=C(Cn1cc([N+](=O)[O-])ccc1=O)Nc1ccc2c(c1F)CCNC2. The number of hydrogen-bond acceptors (Lipinski definition) is 5. The van der Waals surface area contributed by atoms with Crippen molar-refractivity contribution in [3.63, 3.8) is 0 Å². The lowest BCUT2D eigenvalue weighted by atomic mass is 9.99. The molecule has 0 bridgehead atoms. The van der Waals surface area contributed by atoms with Crippen LogP contribution in [0, 0.1) is 15.9 Å². The fraction of sp³-hybridized carbons (Fsp3) is 0.250. The van der Waals surface area contributed by atoms with Gasteiger partial charge in [-0.15, -0.1) is 0 Å². The van der Waals surface area contributed by atoms with E-state index in [1.54, 1.807) is 6.07 Å². The number of fused-ring (bicyclic) bond motifs is 1. The number of halogens is 1. The molecule has 1 amide bonds. The number of nitrogens with one attached hydrogen (secondary N) is 2. The molecule has 25 heavy (non-hydrogen) atoms. The van der Waals surface area contributed by atoms with Gasteiger partial charge in [-0.3, -0.25) is 24.3 Å². The maximum absolute atomic E-state index is 14.5. The van der Waals surface area contributed by atoms with Crippen molar-refractivity contribution in [2.45, 2.75) is 19.5 Å². The van der Waals surface area contributed by atoms with Crippen molar-refractivity contribution in [2.75, 3.05) is 11.9 Å². The van der Waals surface area contributed by atoms with Crippen molar-refractivity contribution in [2.24, 2.45) is 0 Å². The van der Waals surface area contributed by atoms with Crippen LogP contribution in [0.25, 0.3) is 0 Å². The Hall–Kier alpha value is -3.07. The summed E-state index contributed by atoms with van der Waals surface area (Å²) >= 11 is 0. The molecular weight excluding hydrogens is 331 g/mol. The summed E-state index contributed by atoms with van der Waals surface area (Å²) in [5, 5.41) is 16.3. The number of carbonyl (C=O) groups excluding carboxylic acids is 1. The Bertz CT molecular complexity index is 909. The van der Waals surface area contributed by atoms with Crippen molar-refractivity contribution in [1.82, 2.24) is 9.88 Å². The Kier molecular flexibility index (Phi) is 4.57. The Morgan fingerprint density at radius 3 is 2.92 bits per heavy atom. The van der Waals surface area contributed by atoms with Crippen LogP contribution in [0.15, 0.2) is 35.3 Å². The molecule has 0 unspecified atom stereocenters. The molecule has 0 saturated carbocycles. The summed E-state index contributed by atoms with van der Waals surface area (Å²) in [7, 11) is 0. The zero-order valence-electron chi connectivity index (χ0n) is 13.1. The van der Waals surface area contributed by atoms with Crippen LogP contribution in [0.4, 0.5) is 15.8 Å². The molecular formula is C16H15FN4O4. The normalized spacial score (nSPS) is 13.2. The highest BCUT2D eigenvalue weighted by Gasteiger charge is 2.18. The van der Waals surface area contributed by atoms with E-state index < -0.39 is 28.8 Å². The molecule has 2 N–H and O–H groups in total. The number of anilines is 1. The molecule has 130 valence electrons. The van der Waals surface area contributed by atoms with Gasteiger partial charge in [0.25, 0.3) is 11.2 Å². The molecule has 3 rings (SSSR count). The Morgan fingerprint density at radius 2 is 2.16 bits per heavy atom. The maximum atomic E-state index is 14.5. The molecule has 8 nitrogen and oxygen atoms in total. The summed E-state index contributed by atoms with van der Waals surface area (Å²) in [4.78, 5) is 33.9. The second kappa shape index (κ2) is 6.81. The molecule has 0 atom stereocenters. The number of amides is 1. The Morgan fingerprint density at radius 1 is 1.36 bits per heavy atom. The van der Waals surface area contributed by atoms with E-state index >= 15 is 0 Å². The molecule has 9 heteroatoms. The van der Waals surface area contributed by atoms with Crippen LogP contribution >= 0.6 is 0 Å². The fourth-order valence-corrected chi connectivity index (χ4v) is 2.72. The summed E-state index contributed by atoms with van der Waals surface area (Å²) in [6, 6.07) is 5.28. The number of nitrogens with zero attached hydrogens (tertiary/aromatic N) is 2. The van der Waals surface area contributed by atoms with Gasteiger partial charge >= 0.3 is 0 Å². The highest BCUT2D eigenvalue weighted by atomic mass is 19.1. The van der Waals surface area contributed by atoms with Crippen molar-refractivity contribution >= 4 is 17.3 Å². The van der Waals surface area contributed by atoms with E-state index in [2.05, 4.69) is 10.6 Å². The highest BCUT2D eigenvalue weighted by Crippen LogP contribution is 2.24. The molecule has 0 radical (unpaired) electrons. The van der Waals surface area contributed by atoms with Gasteiger partial charge in [0.05, 0.1) is 16.8 Å². The van der Waals surface area contributed by atoms with E-state index in [4.69, 9.17) is 0 Å². The van der Waals surface area contributed by atoms with Crippen LogP contribution in [-0.2, 0) is 24.3 Å². The quantitative estimate of drug-likeness (QED) is 0.639. The van der Waals surface area contributed by atoms with Crippen LogP contribution in [-0.4, -0.2) is 21.9 Å². The van der Waals surface area contributed by atoms with Gasteiger partial charge in [0.15, 0.2) is 0 Å². The van der Waals surface area contributed by atoms with Crippen molar-refractivity contribution < 1.29 is 14.1 Å². The lowest BCUT2D eigenvalue weighted by Gasteiger charge is -2.19. The summed E-state index contributed by atoms with van der Waals surface area (Å²) in [6.45, 7) is 0.784. The van der Waals surface area contributed by atoms with Gasteiger partial charge in [-0.05, 0) is 30.2 Å². The summed E-state index contributed by atoms with van der Waals surface area (Å²) < 4.78 is 15.4. The van der Waals surface area contributed by atoms with E-state index in [9.17, 15) is 24.1 Å². The Labute approximate surface area is 141 Å². The third kappa shape index (κ3) is 3.56.